The van der Waals surface area contributed by atoms with Crippen LogP contribution in [0.1, 0.15) is 30.0 Å². The molecule has 0 aliphatic heterocycles. The summed E-state index contributed by atoms with van der Waals surface area (Å²) in [6.45, 7) is 1.67. The predicted octanol–water partition coefficient (Wildman–Crippen LogP) is 1.11. The molecule has 1 aromatic carbocycles. The van der Waals surface area contributed by atoms with E-state index in [1.54, 1.807) is 6.92 Å². The number of rotatable bonds is 6. The minimum Gasteiger partial charge on any atom is -0.478 e. The van der Waals surface area contributed by atoms with Crippen LogP contribution in [-0.4, -0.2) is 37.6 Å². The summed E-state index contributed by atoms with van der Waals surface area (Å²) in [5.41, 5.74) is 3.01. The van der Waals surface area contributed by atoms with Crippen LogP contribution >= 0.6 is 0 Å². The van der Waals surface area contributed by atoms with E-state index in [0.29, 0.717) is 23.7 Å². The van der Waals surface area contributed by atoms with E-state index in [1.807, 2.05) is 0 Å². The number of nitrogens with two attached hydrogens (primary N) is 1. The molecule has 0 spiro atoms. The lowest BCUT2D eigenvalue weighted by Crippen LogP contribution is -2.33. The number of primary amides is 1. The second-order valence-electron chi connectivity index (χ2n) is 5.48. The predicted molar refractivity (Wildman–Crippen MR) is 84.0 cm³/mol. The van der Waals surface area contributed by atoms with Crippen molar-refractivity contribution in [2.45, 2.75) is 39.3 Å². The summed E-state index contributed by atoms with van der Waals surface area (Å²) >= 11 is 0. The molecule has 0 radical (unpaired) electrons. The van der Waals surface area contributed by atoms with Gasteiger partial charge in [-0.3, -0.25) is 9.36 Å². The van der Waals surface area contributed by atoms with Crippen LogP contribution in [0.3, 0.4) is 0 Å². The minimum atomic E-state index is -4.80. The number of carbonyl (C=O) groups excluding carboxylic acids is 1. The summed E-state index contributed by atoms with van der Waals surface area (Å²) in [7, 11) is 0. The van der Waals surface area contributed by atoms with Crippen molar-refractivity contribution in [3.8, 4) is 11.4 Å². The first-order chi connectivity index (χ1) is 12.5. The Morgan fingerprint density at radius 1 is 1.41 bits per heavy atom. The molecule has 2 rings (SSSR count). The molecule has 0 bridgehead atoms. The van der Waals surface area contributed by atoms with Crippen LogP contribution < -0.4 is 16.2 Å². The van der Waals surface area contributed by atoms with Crippen LogP contribution in [0.15, 0.2) is 16.9 Å². The van der Waals surface area contributed by atoms with Crippen LogP contribution in [-0.2, 0) is 13.2 Å². The van der Waals surface area contributed by atoms with Gasteiger partial charge in [-0.25, -0.2) is 9.18 Å². The van der Waals surface area contributed by atoms with Gasteiger partial charge in [0.2, 0.25) is 0 Å². The van der Waals surface area contributed by atoms with Gasteiger partial charge < -0.3 is 15.6 Å². The highest BCUT2D eigenvalue weighted by atomic mass is 19.4. The van der Waals surface area contributed by atoms with E-state index in [9.17, 15) is 32.3 Å². The van der Waals surface area contributed by atoms with Crippen LogP contribution in [0.4, 0.5) is 17.6 Å². The fraction of sp³-hybridized carbons (Fsp3) is 0.400. The van der Waals surface area contributed by atoms with E-state index in [2.05, 4.69) is 5.10 Å². The van der Waals surface area contributed by atoms with Gasteiger partial charge in [-0.2, -0.15) is 17.9 Å². The van der Waals surface area contributed by atoms with Gasteiger partial charge >= 0.3 is 11.9 Å². The molecular formula is C15H16F4N4O4. The maximum absolute atomic E-state index is 13.9. The molecule has 8 nitrogen and oxygen atoms in total. The average molecular weight is 392 g/mol. The van der Waals surface area contributed by atoms with Gasteiger partial charge in [0, 0.05) is 12.6 Å². The second kappa shape index (κ2) is 7.39. The Hall–Kier alpha value is -2.89. The fourth-order valence-electron chi connectivity index (χ4n) is 2.32. The minimum absolute atomic E-state index is 0.0852. The largest absolute Gasteiger partial charge is 0.478 e. The number of aromatic nitrogens is 3. The van der Waals surface area contributed by atoms with Gasteiger partial charge in [-0.05, 0) is 19.9 Å². The Bertz CT molecular complexity index is 920. The van der Waals surface area contributed by atoms with E-state index in [0.717, 1.165) is 4.57 Å². The number of halogens is 4. The Kier molecular flexibility index (Phi) is 5.59. The zero-order valence-corrected chi connectivity index (χ0v) is 14.2. The molecule has 2 aromatic rings. The lowest BCUT2D eigenvalue weighted by molar-refractivity contribution is -0.189. The molecule has 3 N–H and O–H groups in total. The fourth-order valence-corrected chi connectivity index (χ4v) is 2.32. The molecule has 0 saturated heterocycles. The van der Waals surface area contributed by atoms with Crippen LogP contribution in [0.25, 0.3) is 5.69 Å². The van der Waals surface area contributed by atoms with Crippen molar-refractivity contribution in [1.29, 1.82) is 0 Å². The Morgan fingerprint density at radius 3 is 2.48 bits per heavy atom. The summed E-state index contributed by atoms with van der Waals surface area (Å²) in [6, 6.07) is 1.28. The molecule has 12 heteroatoms. The number of alkyl halides is 3. The third-order valence-electron chi connectivity index (χ3n) is 3.68. The van der Waals surface area contributed by atoms with Crippen molar-refractivity contribution < 1.29 is 32.2 Å². The molecule has 1 unspecified atom stereocenters. The van der Waals surface area contributed by atoms with Crippen LogP contribution in [0.2, 0.25) is 0 Å². The SMILES string of the molecule is CCn1c(CO)nn(-c2cc(F)cc(C(N)=O)c2OC(C)C(F)(F)F)c1=O. The highest BCUT2D eigenvalue weighted by Gasteiger charge is 2.39. The highest BCUT2D eigenvalue weighted by Crippen LogP contribution is 2.32. The highest BCUT2D eigenvalue weighted by molar-refractivity contribution is 5.97. The number of aliphatic hydroxyl groups is 1. The standard InChI is InChI=1S/C15H16F4N4O4/c1-3-22-11(6-24)21-23(14(22)26)10-5-8(16)4-9(13(20)25)12(10)27-7(2)15(17,18)19/h4-5,7,24H,3,6H2,1-2H3,(H2,20,25). The van der Waals surface area contributed by atoms with Crippen LogP contribution in [0, 0.1) is 5.82 Å². The molecule has 1 amide bonds. The summed E-state index contributed by atoms with van der Waals surface area (Å²) in [5.74, 6) is -3.16. The van der Waals surface area contributed by atoms with Gasteiger partial charge in [-0.15, -0.1) is 5.10 Å². The first-order valence-electron chi connectivity index (χ1n) is 7.67. The first kappa shape index (κ1) is 20.4. The molecule has 1 aromatic heterocycles. The van der Waals surface area contributed by atoms with E-state index in [-0.39, 0.29) is 12.4 Å². The molecule has 27 heavy (non-hydrogen) atoms. The Balaban J connectivity index is 2.78. The van der Waals surface area contributed by atoms with Crippen molar-refractivity contribution in [2.75, 3.05) is 0 Å². The smallest absolute Gasteiger partial charge is 0.425 e. The molecule has 1 heterocycles. The van der Waals surface area contributed by atoms with Gasteiger partial charge in [0.15, 0.2) is 17.7 Å². The summed E-state index contributed by atoms with van der Waals surface area (Å²) in [5, 5.41) is 13.1. The lowest BCUT2D eigenvalue weighted by atomic mass is 10.1. The number of amides is 1. The number of ether oxygens (including phenoxy) is 1. The molecule has 0 aliphatic rings. The van der Waals surface area contributed by atoms with E-state index < -0.39 is 53.3 Å². The summed E-state index contributed by atoms with van der Waals surface area (Å²) in [4.78, 5) is 24.0. The number of hydrogen-bond donors (Lipinski definition) is 2. The third kappa shape index (κ3) is 3.94. The maximum Gasteiger partial charge on any atom is 0.425 e. The molecule has 0 aliphatic carbocycles. The van der Waals surface area contributed by atoms with Crippen molar-refractivity contribution in [3.63, 3.8) is 0 Å². The summed E-state index contributed by atoms with van der Waals surface area (Å²) in [6.07, 6.45) is -7.19. The number of aliphatic hydroxyl groups excluding tert-OH is 1. The van der Waals surface area contributed by atoms with Crippen LogP contribution in [0.5, 0.6) is 5.75 Å². The zero-order valence-electron chi connectivity index (χ0n) is 14.2. The van der Waals surface area contributed by atoms with Crippen molar-refractivity contribution in [3.05, 3.63) is 39.8 Å². The number of benzene rings is 1. The maximum atomic E-state index is 13.9. The van der Waals surface area contributed by atoms with Gasteiger partial charge in [0.25, 0.3) is 5.91 Å². The first-order valence-corrected chi connectivity index (χ1v) is 7.67. The zero-order chi connectivity index (χ0) is 20.5. The topological polar surface area (TPSA) is 112 Å². The normalized spacial score (nSPS) is 12.9. The third-order valence-corrected chi connectivity index (χ3v) is 3.68. The lowest BCUT2D eigenvalue weighted by Gasteiger charge is -2.21. The van der Waals surface area contributed by atoms with Gasteiger partial charge in [0.05, 0.1) is 5.56 Å². The number of nitrogens with zero attached hydrogens (tertiary/aromatic N) is 3. The van der Waals surface area contributed by atoms with Gasteiger partial charge in [-0.1, -0.05) is 0 Å². The van der Waals surface area contributed by atoms with Crippen molar-refractivity contribution in [1.82, 2.24) is 14.3 Å². The van der Waals surface area contributed by atoms with E-state index >= 15 is 0 Å². The number of hydrogen-bond acceptors (Lipinski definition) is 5. The molecule has 0 saturated carbocycles. The molecular weight excluding hydrogens is 376 g/mol. The summed E-state index contributed by atoms with van der Waals surface area (Å²) < 4.78 is 59.0. The van der Waals surface area contributed by atoms with E-state index in [4.69, 9.17) is 10.5 Å². The Morgan fingerprint density at radius 2 is 2.04 bits per heavy atom. The van der Waals surface area contributed by atoms with Gasteiger partial charge in [0.1, 0.15) is 18.1 Å². The van der Waals surface area contributed by atoms with E-state index in [1.165, 1.54) is 0 Å². The van der Waals surface area contributed by atoms with Crippen molar-refractivity contribution >= 4 is 5.91 Å². The molecule has 148 valence electrons. The monoisotopic (exact) mass is 392 g/mol. The molecule has 1 atom stereocenters. The molecule has 0 fully saturated rings. The number of carbonyl (C=O) groups is 1. The quantitative estimate of drug-likeness (QED) is 0.716. The second-order valence-corrected chi connectivity index (χ2v) is 5.48. The van der Waals surface area contributed by atoms with Crippen molar-refractivity contribution in [2.24, 2.45) is 5.73 Å². The Labute approximate surface area is 149 Å². The average Bonchev–Trinajstić information content (AvgIpc) is 2.90.